The van der Waals surface area contributed by atoms with E-state index in [0.29, 0.717) is 11.3 Å². The van der Waals surface area contributed by atoms with Crippen LogP contribution in [0.25, 0.3) is 0 Å². The number of carbonyl (C=O) groups excluding carboxylic acids is 1. The van der Waals surface area contributed by atoms with Gasteiger partial charge in [-0.2, -0.15) is 8.42 Å². The molecule has 0 aromatic heterocycles. The molecule has 0 aliphatic heterocycles. The normalized spacial score (nSPS) is 12.4. The van der Waals surface area contributed by atoms with Gasteiger partial charge < -0.3 is 5.32 Å². The summed E-state index contributed by atoms with van der Waals surface area (Å²) >= 11 is 0. The van der Waals surface area contributed by atoms with E-state index in [0.717, 1.165) is 42.8 Å². The van der Waals surface area contributed by atoms with Crippen molar-refractivity contribution in [3.63, 3.8) is 0 Å². The van der Waals surface area contributed by atoms with Gasteiger partial charge in [0.1, 0.15) is 0 Å². The van der Waals surface area contributed by atoms with Gasteiger partial charge in [0.2, 0.25) is 0 Å². The van der Waals surface area contributed by atoms with Gasteiger partial charge >= 0.3 is 0 Å². The van der Waals surface area contributed by atoms with Gasteiger partial charge in [-0.25, -0.2) is 0 Å². The van der Waals surface area contributed by atoms with Crippen molar-refractivity contribution in [3.05, 3.63) is 65.7 Å². The van der Waals surface area contributed by atoms with E-state index in [4.69, 9.17) is 4.55 Å². The molecule has 6 nitrogen and oxygen atoms in total. The summed E-state index contributed by atoms with van der Waals surface area (Å²) in [6.45, 7) is 0.871. The zero-order chi connectivity index (χ0) is 25.4. The van der Waals surface area contributed by atoms with Crippen molar-refractivity contribution >= 4 is 32.4 Å². The molecule has 1 atom stereocenters. The minimum absolute atomic E-state index is 0.221. The third kappa shape index (κ3) is 14.2. The number of carbonyl (C=O) groups is 1. The first-order valence-corrected chi connectivity index (χ1v) is 15.6. The standard InChI is InChI=1S/C27H39NO5S2/c29-27(19-22-35(31,32)33)25-15-17-26(18-16-25)28-20-11-6-4-2-1-3-5-7-12-21-34(30)23-24-13-9-8-10-14-24/h8-10,13-18,28H,1-7,11-12,19-23H2,(H,31,32,33). The van der Waals surface area contributed by atoms with Crippen LogP contribution < -0.4 is 5.32 Å². The predicted octanol–water partition coefficient (Wildman–Crippen LogP) is 6.02. The number of Topliss-reactive ketones (excluding diaryl/α,β-unsaturated/α-hetero) is 1. The first-order valence-electron chi connectivity index (χ1n) is 12.5. The predicted molar refractivity (Wildman–Crippen MR) is 145 cm³/mol. The molecule has 194 valence electrons. The van der Waals surface area contributed by atoms with Crippen molar-refractivity contribution in [2.45, 2.75) is 70.0 Å². The fraction of sp³-hybridized carbons (Fsp3) is 0.519. The largest absolute Gasteiger partial charge is 0.385 e. The maximum absolute atomic E-state index is 12.1. The molecule has 2 aromatic rings. The van der Waals surface area contributed by atoms with Crippen LogP contribution >= 0.6 is 0 Å². The van der Waals surface area contributed by atoms with Crippen LogP contribution in [0.3, 0.4) is 0 Å². The number of hydrogen-bond acceptors (Lipinski definition) is 5. The number of hydrogen-bond donors (Lipinski definition) is 2. The Labute approximate surface area is 213 Å². The molecule has 2 N–H and O–H groups in total. The van der Waals surface area contributed by atoms with Gasteiger partial charge in [0.25, 0.3) is 10.1 Å². The van der Waals surface area contributed by atoms with E-state index in [1.807, 2.05) is 42.5 Å². The van der Waals surface area contributed by atoms with Crippen LogP contribution in [0.15, 0.2) is 54.6 Å². The molecule has 0 radical (unpaired) electrons. The van der Waals surface area contributed by atoms with Crippen molar-refractivity contribution in [1.29, 1.82) is 0 Å². The SMILES string of the molecule is O=C(CCS(=O)(=O)O)c1ccc(NCCCCCCCCCCCS(=O)Cc2ccccc2)cc1. The van der Waals surface area contributed by atoms with E-state index < -0.39 is 26.7 Å². The van der Waals surface area contributed by atoms with Crippen molar-refractivity contribution in [3.8, 4) is 0 Å². The van der Waals surface area contributed by atoms with Crippen LogP contribution in [0, 0.1) is 0 Å². The smallest absolute Gasteiger partial charge is 0.265 e. The maximum Gasteiger partial charge on any atom is 0.265 e. The van der Waals surface area contributed by atoms with E-state index >= 15 is 0 Å². The summed E-state index contributed by atoms with van der Waals surface area (Å²) in [5.41, 5.74) is 2.53. The monoisotopic (exact) mass is 521 g/mol. The van der Waals surface area contributed by atoms with E-state index in [2.05, 4.69) is 5.32 Å². The molecule has 2 aromatic carbocycles. The quantitative estimate of drug-likeness (QED) is 0.133. The number of unbranched alkanes of at least 4 members (excludes halogenated alkanes) is 8. The van der Waals surface area contributed by atoms with Gasteiger partial charge in [-0.15, -0.1) is 0 Å². The summed E-state index contributed by atoms with van der Waals surface area (Å²) in [5.74, 6) is 0.616. The summed E-state index contributed by atoms with van der Waals surface area (Å²) in [5, 5.41) is 3.34. The highest BCUT2D eigenvalue weighted by atomic mass is 32.2. The van der Waals surface area contributed by atoms with Crippen LogP contribution in [0.2, 0.25) is 0 Å². The third-order valence-corrected chi connectivity index (χ3v) is 7.96. The Morgan fingerprint density at radius 3 is 1.97 bits per heavy atom. The van der Waals surface area contributed by atoms with E-state index in [1.54, 1.807) is 12.1 Å². The molecular formula is C27H39NO5S2. The van der Waals surface area contributed by atoms with Gasteiger partial charge in [0, 0.05) is 46.5 Å². The summed E-state index contributed by atoms with van der Waals surface area (Å²) in [6.07, 6.45) is 10.5. The van der Waals surface area contributed by atoms with Gasteiger partial charge in [0.15, 0.2) is 5.78 Å². The first kappa shape index (κ1) is 29.2. The maximum atomic E-state index is 12.1. The van der Waals surface area contributed by atoms with E-state index in [-0.39, 0.29) is 12.2 Å². The van der Waals surface area contributed by atoms with Crippen LogP contribution in [0.4, 0.5) is 5.69 Å². The number of anilines is 1. The fourth-order valence-corrected chi connectivity index (χ4v) is 5.51. The van der Waals surface area contributed by atoms with Gasteiger partial charge in [-0.05, 0) is 42.7 Å². The Balaban J connectivity index is 1.41. The zero-order valence-electron chi connectivity index (χ0n) is 20.5. The lowest BCUT2D eigenvalue weighted by Gasteiger charge is -2.07. The second-order valence-electron chi connectivity index (χ2n) is 8.92. The molecule has 0 heterocycles. The Morgan fingerprint density at radius 1 is 0.800 bits per heavy atom. The molecule has 0 saturated heterocycles. The molecule has 35 heavy (non-hydrogen) atoms. The molecule has 0 amide bonds. The topological polar surface area (TPSA) is 101 Å². The Kier molecular flexibility index (Phi) is 13.9. The summed E-state index contributed by atoms with van der Waals surface area (Å²) in [7, 11) is -4.88. The highest BCUT2D eigenvalue weighted by Crippen LogP contribution is 2.14. The van der Waals surface area contributed by atoms with Crippen LogP contribution in [-0.4, -0.2) is 41.0 Å². The summed E-state index contributed by atoms with van der Waals surface area (Å²) in [4.78, 5) is 11.9. The average molecular weight is 522 g/mol. The molecule has 0 aliphatic carbocycles. The zero-order valence-corrected chi connectivity index (χ0v) is 22.1. The van der Waals surface area contributed by atoms with E-state index in [1.165, 1.54) is 38.5 Å². The fourth-order valence-electron chi connectivity index (χ4n) is 3.83. The molecule has 8 heteroatoms. The minimum Gasteiger partial charge on any atom is -0.385 e. The number of nitrogens with one attached hydrogen (secondary N) is 1. The number of ketones is 1. The molecular weight excluding hydrogens is 482 g/mol. The van der Waals surface area contributed by atoms with Crippen LogP contribution in [0.5, 0.6) is 0 Å². The molecule has 2 rings (SSSR count). The van der Waals surface area contributed by atoms with Crippen molar-refractivity contribution in [2.24, 2.45) is 0 Å². The molecule has 0 aliphatic rings. The van der Waals surface area contributed by atoms with Crippen LogP contribution in [-0.2, 0) is 26.7 Å². The molecule has 0 spiro atoms. The second-order valence-corrected chi connectivity index (χ2v) is 12.1. The average Bonchev–Trinajstić information content (AvgIpc) is 2.83. The lowest BCUT2D eigenvalue weighted by atomic mass is 10.1. The van der Waals surface area contributed by atoms with Gasteiger partial charge in [-0.1, -0.05) is 75.3 Å². The highest BCUT2D eigenvalue weighted by Gasteiger charge is 2.11. The lowest BCUT2D eigenvalue weighted by Crippen LogP contribution is -2.10. The lowest BCUT2D eigenvalue weighted by molar-refractivity contribution is 0.0988. The van der Waals surface area contributed by atoms with E-state index in [9.17, 15) is 17.4 Å². The Morgan fingerprint density at radius 2 is 1.37 bits per heavy atom. The molecule has 0 bridgehead atoms. The highest BCUT2D eigenvalue weighted by molar-refractivity contribution is 7.85. The van der Waals surface area contributed by atoms with Crippen molar-refractivity contribution < 1.29 is 22.0 Å². The van der Waals surface area contributed by atoms with Gasteiger partial charge in [-0.3, -0.25) is 13.6 Å². The Bertz CT molecular complexity index is 992. The first-order chi connectivity index (χ1) is 16.8. The Hall–Kier alpha value is -2.03. The summed E-state index contributed by atoms with van der Waals surface area (Å²) in [6, 6.07) is 17.0. The molecule has 0 fully saturated rings. The second kappa shape index (κ2) is 16.6. The number of rotatable bonds is 19. The molecule has 0 saturated carbocycles. The minimum atomic E-state index is -4.12. The number of benzene rings is 2. The van der Waals surface area contributed by atoms with Gasteiger partial charge in [0.05, 0.1) is 5.75 Å². The molecule has 1 unspecified atom stereocenters. The summed E-state index contributed by atoms with van der Waals surface area (Å²) < 4.78 is 42.4. The van der Waals surface area contributed by atoms with Crippen molar-refractivity contribution in [2.75, 3.05) is 23.4 Å². The van der Waals surface area contributed by atoms with Crippen molar-refractivity contribution in [1.82, 2.24) is 0 Å². The third-order valence-electron chi connectivity index (χ3n) is 5.84. The van der Waals surface area contributed by atoms with Crippen LogP contribution in [0.1, 0.15) is 80.1 Å².